The van der Waals surface area contributed by atoms with Gasteiger partial charge in [-0.05, 0) is 0 Å². The third-order valence-electron chi connectivity index (χ3n) is 1.75. The van der Waals surface area contributed by atoms with E-state index < -0.39 is 20.4 Å². The zero-order chi connectivity index (χ0) is 10.5. The molecule has 0 aliphatic heterocycles. The van der Waals surface area contributed by atoms with Crippen LogP contribution in [0.1, 0.15) is 6.92 Å². The molecule has 0 bridgehead atoms. The second-order valence-electron chi connectivity index (χ2n) is 3.00. The number of ether oxygens (including phenoxy) is 2. The van der Waals surface area contributed by atoms with Crippen molar-refractivity contribution in [1.29, 1.82) is 0 Å². The molecule has 0 aliphatic carbocycles. The first-order valence-electron chi connectivity index (χ1n) is 3.95. The molecule has 0 rings (SSSR count). The molecule has 0 aromatic heterocycles. The van der Waals surface area contributed by atoms with Crippen LogP contribution in [-0.2, 0) is 14.3 Å². The summed E-state index contributed by atoms with van der Waals surface area (Å²) in [6.45, 7) is 1.61. The molecule has 0 heterocycles. The Hall–Kier alpha value is -0.112. The predicted molar refractivity (Wildman–Crippen MR) is 54.1 cm³/mol. The van der Waals surface area contributed by atoms with Gasteiger partial charge in [-0.3, -0.25) is 0 Å². The monoisotopic (exact) mass is 248 g/mol. The second-order valence-corrected chi connectivity index (χ2v) is 7.67. The van der Waals surface area contributed by atoms with Crippen molar-refractivity contribution in [2.24, 2.45) is 0 Å². The van der Waals surface area contributed by atoms with Crippen LogP contribution in [0.4, 0.5) is 0 Å². The SMILES string of the molecule is COC(C)(OC)C(=O)/C=C/[As](C)C. The summed E-state index contributed by atoms with van der Waals surface area (Å²) in [6, 6.07) is 0. The van der Waals surface area contributed by atoms with E-state index >= 15 is 0 Å². The maximum atomic E-state index is 11.5. The fourth-order valence-electron chi connectivity index (χ4n) is 0.653. The van der Waals surface area contributed by atoms with Gasteiger partial charge in [0.1, 0.15) is 0 Å². The Balaban J connectivity index is 4.40. The predicted octanol–water partition coefficient (Wildman–Crippen LogP) is 1.41. The Morgan fingerprint density at radius 2 is 1.77 bits per heavy atom. The van der Waals surface area contributed by atoms with Crippen molar-refractivity contribution in [3.8, 4) is 0 Å². The molecule has 4 heteroatoms. The van der Waals surface area contributed by atoms with Gasteiger partial charge in [0, 0.05) is 0 Å². The molecule has 0 atom stereocenters. The van der Waals surface area contributed by atoms with Crippen LogP contribution >= 0.6 is 0 Å². The minimum absolute atomic E-state index is 0.138. The van der Waals surface area contributed by atoms with Crippen LogP contribution in [0.15, 0.2) is 10.9 Å². The molecule has 0 aromatic rings. The maximum absolute atomic E-state index is 11.5. The Kier molecular flexibility index (Phi) is 5.54. The van der Waals surface area contributed by atoms with Gasteiger partial charge in [0.15, 0.2) is 0 Å². The van der Waals surface area contributed by atoms with Gasteiger partial charge in [-0.25, -0.2) is 0 Å². The average molecular weight is 248 g/mol. The van der Waals surface area contributed by atoms with Gasteiger partial charge < -0.3 is 0 Å². The molecule has 3 nitrogen and oxygen atoms in total. The van der Waals surface area contributed by atoms with Gasteiger partial charge in [0.25, 0.3) is 0 Å². The van der Waals surface area contributed by atoms with Crippen LogP contribution in [-0.4, -0.2) is 40.4 Å². The zero-order valence-corrected chi connectivity index (χ0v) is 10.7. The number of rotatable bonds is 5. The van der Waals surface area contributed by atoms with Crippen molar-refractivity contribution < 1.29 is 14.3 Å². The van der Waals surface area contributed by atoms with E-state index in [0.29, 0.717) is 0 Å². The first-order valence-corrected chi connectivity index (χ1v) is 8.79. The van der Waals surface area contributed by atoms with Crippen molar-refractivity contribution in [1.82, 2.24) is 0 Å². The number of carbonyl (C=O) groups excluding carboxylic acids is 1. The van der Waals surface area contributed by atoms with E-state index in [9.17, 15) is 4.79 Å². The summed E-state index contributed by atoms with van der Waals surface area (Å²) in [6.07, 6.45) is 1.56. The molecule has 0 N–H and O–H groups in total. The Bertz CT molecular complexity index is 195. The molecule has 13 heavy (non-hydrogen) atoms. The molecule has 0 amide bonds. The summed E-state index contributed by atoms with van der Waals surface area (Å²) in [5, 5.41) is 0. The summed E-state index contributed by atoms with van der Waals surface area (Å²) in [5.41, 5.74) is 4.29. The number of hydrogen-bond acceptors (Lipinski definition) is 3. The number of ketones is 1. The molecule has 0 aliphatic rings. The van der Waals surface area contributed by atoms with Gasteiger partial charge in [-0.1, -0.05) is 0 Å². The van der Waals surface area contributed by atoms with E-state index in [1.807, 2.05) is 4.86 Å². The molecular formula is C9H17AsO3. The summed E-state index contributed by atoms with van der Waals surface area (Å²) < 4.78 is 9.95. The second kappa shape index (κ2) is 5.58. The minimum atomic E-state index is -1.12. The first-order chi connectivity index (χ1) is 5.96. The van der Waals surface area contributed by atoms with Crippen LogP contribution in [0.3, 0.4) is 0 Å². The van der Waals surface area contributed by atoms with Crippen LogP contribution in [0.5, 0.6) is 0 Å². The third-order valence-corrected chi connectivity index (χ3v) is 3.31. The zero-order valence-electron chi connectivity index (χ0n) is 8.83. The summed E-state index contributed by atoms with van der Waals surface area (Å²) in [4.78, 5) is 13.5. The van der Waals surface area contributed by atoms with E-state index in [2.05, 4.69) is 11.4 Å². The standard InChI is InChI=1S/C9H17AsO3/c1-9(12-4,13-5)8(11)6-7-10(2)3/h6-7H,1-5H3/b7-6+. The number of carbonyl (C=O) groups is 1. The van der Waals surface area contributed by atoms with Crippen molar-refractivity contribution in [3.05, 3.63) is 10.9 Å². The number of hydrogen-bond donors (Lipinski definition) is 0. The van der Waals surface area contributed by atoms with Gasteiger partial charge in [0.05, 0.1) is 0 Å². The fraction of sp³-hybridized carbons (Fsp3) is 0.667. The van der Waals surface area contributed by atoms with E-state index in [1.54, 1.807) is 13.0 Å². The van der Waals surface area contributed by atoms with Crippen LogP contribution in [0.2, 0.25) is 11.4 Å². The molecule has 0 radical (unpaired) electrons. The topological polar surface area (TPSA) is 35.5 Å². The molecule has 0 unspecified atom stereocenters. The Labute approximate surface area is 84.4 Å². The van der Waals surface area contributed by atoms with Gasteiger partial charge >= 0.3 is 84.0 Å². The summed E-state index contributed by atoms with van der Waals surface area (Å²) >= 11 is -0.892. The van der Waals surface area contributed by atoms with E-state index in [0.717, 1.165) is 0 Å². The third kappa shape index (κ3) is 4.08. The van der Waals surface area contributed by atoms with Crippen LogP contribution < -0.4 is 0 Å². The van der Waals surface area contributed by atoms with E-state index in [1.165, 1.54) is 14.2 Å². The summed E-state index contributed by atoms with van der Waals surface area (Å²) in [5.74, 6) is -1.26. The molecule has 0 saturated carbocycles. The average Bonchev–Trinajstić information content (AvgIpc) is 2.12. The van der Waals surface area contributed by atoms with Crippen molar-refractivity contribution in [3.63, 3.8) is 0 Å². The fourth-order valence-corrected chi connectivity index (χ4v) is 1.56. The quantitative estimate of drug-likeness (QED) is 0.419. The van der Waals surface area contributed by atoms with Crippen LogP contribution in [0.25, 0.3) is 0 Å². The van der Waals surface area contributed by atoms with Crippen molar-refractivity contribution in [2.45, 2.75) is 24.1 Å². The Morgan fingerprint density at radius 3 is 2.08 bits per heavy atom. The Morgan fingerprint density at radius 1 is 1.31 bits per heavy atom. The molecule has 0 fully saturated rings. The van der Waals surface area contributed by atoms with Crippen LogP contribution in [0, 0.1) is 0 Å². The van der Waals surface area contributed by atoms with Crippen molar-refractivity contribution >= 4 is 20.4 Å². The molecule has 0 saturated heterocycles. The van der Waals surface area contributed by atoms with E-state index in [-0.39, 0.29) is 5.78 Å². The van der Waals surface area contributed by atoms with E-state index in [4.69, 9.17) is 9.47 Å². The van der Waals surface area contributed by atoms with Gasteiger partial charge in [0.2, 0.25) is 0 Å². The van der Waals surface area contributed by atoms with Gasteiger partial charge in [-0.15, -0.1) is 0 Å². The molecule has 0 spiro atoms. The van der Waals surface area contributed by atoms with Crippen molar-refractivity contribution in [2.75, 3.05) is 14.2 Å². The normalized spacial score (nSPS) is 12.8. The summed E-state index contributed by atoms with van der Waals surface area (Å²) in [7, 11) is 2.92. The molecule has 0 aromatic carbocycles. The number of methoxy groups -OCH3 is 2. The first kappa shape index (κ1) is 12.9. The molecular weight excluding hydrogens is 231 g/mol. The van der Waals surface area contributed by atoms with Gasteiger partial charge in [-0.2, -0.15) is 0 Å². The molecule has 76 valence electrons.